The summed E-state index contributed by atoms with van der Waals surface area (Å²) < 4.78 is 283. The summed E-state index contributed by atoms with van der Waals surface area (Å²) in [6, 6.07) is 36.9. The molecule has 0 saturated carbocycles. The number of aryl methyl sites for hydroxylation is 1. The number of rotatable bonds is 12. The van der Waals surface area contributed by atoms with E-state index in [0.717, 1.165) is 20.7 Å². The van der Waals surface area contributed by atoms with Crippen LogP contribution >= 0.6 is 0 Å². The smallest absolute Gasteiger partial charge is 0.269 e. The van der Waals surface area contributed by atoms with Crippen molar-refractivity contribution in [1.29, 1.82) is 0 Å². The van der Waals surface area contributed by atoms with Gasteiger partial charge in [-0.3, -0.25) is 13.7 Å². The molecule has 0 fully saturated rings. The minimum atomic E-state index is -3.28. The van der Waals surface area contributed by atoms with Gasteiger partial charge < -0.3 is 4.74 Å². The van der Waals surface area contributed by atoms with Gasteiger partial charge in [0, 0.05) is 32.7 Å². The Morgan fingerprint density at radius 2 is 0.960 bits per heavy atom. The Kier molecular flexibility index (Phi) is 9.20. The Morgan fingerprint density at radius 1 is 0.416 bits per heavy atom. The number of ether oxygens (including phenoxy) is 1. The zero-order valence-corrected chi connectivity index (χ0v) is 55.2. The Morgan fingerprint density at radius 3 is 1.56 bits per heavy atom. The molecule has 0 aliphatic carbocycles. The van der Waals surface area contributed by atoms with E-state index in [1.807, 2.05) is 66.7 Å². The highest BCUT2D eigenvalue weighted by atomic mass is 28.3. The molecule has 1 aliphatic rings. The van der Waals surface area contributed by atoms with Crippen LogP contribution in [0, 0.1) is 13.2 Å². The predicted molar refractivity (Wildman–Crippen MR) is 421 cm³/mol. The van der Waals surface area contributed by atoms with E-state index in [1.54, 1.807) is 84.5 Å². The average molecular weight is 1340 g/mol. The molecule has 0 amide bonds. The molecule has 0 radical (unpaired) electrons. The number of benzene rings is 14. The van der Waals surface area contributed by atoms with Crippen LogP contribution < -0.4 is 30.1 Å². The van der Waals surface area contributed by atoms with Crippen molar-refractivity contribution in [3.63, 3.8) is 0 Å². The summed E-state index contributed by atoms with van der Waals surface area (Å²) in [6.45, 7) is 2.36. The van der Waals surface area contributed by atoms with Gasteiger partial charge in [-0.1, -0.05) is 299 Å². The lowest BCUT2D eigenvalue weighted by atomic mass is 9.80. The third-order valence-electron chi connectivity index (χ3n) is 18.6. The topological polar surface area (TPSA) is 35.9 Å². The van der Waals surface area contributed by atoms with Gasteiger partial charge in [0.15, 0.2) is 8.07 Å². The lowest BCUT2D eigenvalue weighted by Crippen LogP contribution is -2.74. The molecule has 101 heavy (non-hydrogen) atoms. The van der Waals surface area contributed by atoms with Crippen LogP contribution in [0.4, 0.5) is 0 Å². The summed E-state index contributed by atoms with van der Waals surface area (Å²) in [6.07, 6.45) is 4.69. The van der Waals surface area contributed by atoms with Crippen LogP contribution in [0.1, 0.15) is 71.7 Å². The number of aromatic nitrogens is 4. The van der Waals surface area contributed by atoms with Gasteiger partial charge in [-0.2, -0.15) is 0 Å². The van der Waals surface area contributed by atoms with Gasteiger partial charge in [-0.05, 0) is 177 Å². The SMILES string of the molecule is [2H]c1c([2H])c([2H])c(-c2cnc(-n3c4ccc([Si](c5ccccc5)(c5ccccc5)c5ccccc5)cc4c4ccc(Oc5cccc(-n6[c-][n+]7c8c(cccc86)-c6c([2H])c([2H])c([2H])c([2H])c6-c6c([2H])c([2H])c([2H])c([2H])c6-c6cc(C(C)(C)C)cc(-c8c([2H])c(-c9c([2H])c([2H])c([2H])c([2H])c9[2H])c([2H])c(-c9c([2H])c([2H])c([2H])c([2H])c9[2H])c8[2H])c6-7)c5)cc43)cc2C([2H])([2H])[2H])c([2H])c1[2H]. The van der Waals surface area contributed by atoms with Gasteiger partial charge in [0.2, 0.25) is 0 Å². The van der Waals surface area contributed by atoms with Crippen molar-refractivity contribution >= 4 is 61.7 Å². The first-order valence-corrected chi connectivity index (χ1v) is 34.4. The van der Waals surface area contributed by atoms with Gasteiger partial charge in [-0.15, -0.1) is 0 Å². The molecule has 0 N–H and O–H groups in total. The van der Waals surface area contributed by atoms with Crippen LogP contribution in [0.3, 0.4) is 0 Å². The molecule has 18 rings (SSSR count). The normalized spacial score (nSPS) is 16.1. The number of imidazole rings is 1. The summed E-state index contributed by atoms with van der Waals surface area (Å²) >= 11 is 0. The van der Waals surface area contributed by atoms with Crippen molar-refractivity contribution in [2.45, 2.75) is 33.0 Å². The minimum absolute atomic E-state index is 0.00876. The summed E-state index contributed by atoms with van der Waals surface area (Å²) in [5, 5.41) is 5.54. The molecule has 6 heteroatoms. The maximum atomic E-state index is 10.7. The molecule has 5 nitrogen and oxygen atoms in total. The molecule has 14 aromatic carbocycles. The van der Waals surface area contributed by atoms with E-state index in [-0.39, 0.29) is 95.4 Å². The molecule has 4 heterocycles. The molecular weight excluding hydrogens is 1240 g/mol. The Labute approximate surface area is 631 Å². The van der Waals surface area contributed by atoms with E-state index < -0.39 is 211 Å². The van der Waals surface area contributed by atoms with Gasteiger partial charge in [-0.25, -0.2) is 4.98 Å². The highest BCUT2D eigenvalue weighted by molar-refractivity contribution is 7.20. The third kappa shape index (κ3) is 10.5. The fraction of sp³-hybridized carbons (Fsp3) is 0.0526. The standard InChI is InChI=1S/C95H70N4OSi/c1-64-53-92(96-62-88(64)67-33-15-7-16-34-67)99-89-52-50-78(101(75-37-17-8-18-38-75,76-39-19-9-20-40-76)77-41-21-10-22-42-77)61-86(89)83-51-49-74(60-91(83)99)100-73-36-27-35-72(59-73)97-63-98-93-85(70-55-68(65-29-11-5-12-30-65)54-69(56-70)66-31-13-6-14-32-66)57-71(95(2,3)4)58-87(93)82-46-26-24-44-80(82)79-43-23-25-45-81(79)84-47-28-48-90(97)94(84)98/h5-62H,1-4H3/i1D3,5D,6D,7D,11D,12D,13D,14D,15D,16D,23D,24D,25D,26D,29D,30D,31D,32D,33D,34D,43D,44D,45D,46D,54D,55D,56D. The van der Waals surface area contributed by atoms with Crippen molar-refractivity contribution in [2.24, 2.45) is 0 Å². The molecule has 1 aliphatic heterocycles. The largest absolute Gasteiger partial charge is 0.458 e. The van der Waals surface area contributed by atoms with Crippen LogP contribution in [0.5, 0.6) is 11.5 Å². The van der Waals surface area contributed by atoms with Crippen molar-refractivity contribution in [3.05, 3.63) is 369 Å². The van der Waals surface area contributed by atoms with Crippen molar-refractivity contribution in [1.82, 2.24) is 14.1 Å². The van der Waals surface area contributed by atoms with Crippen molar-refractivity contribution < 1.29 is 49.1 Å². The first kappa shape index (κ1) is 37.5. The van der Waals surface area contributed by atoms with Gasteiger partial charge in [0.25, 0.3) is 6.33 Å². The molecule has 480 valence electrons. The van der Waals surface area contributed by atoms with E-state index in [2.05, 4.69) is 54.9 Å². The molecule has 0 saturated heterocycles. The van der Waals surface area contributed by atoms with Crippen LogP contribution in [0.25, 0.3) is 128 Å². The van der Waals surface area contributed by atoms with Gasteiger partial charge >= 0.3 is 0 Å². The molecule has 0 atom stereocenters. The Balaban J connectivity index is 0.919. The number of pyridine rings is 1. The second kappa shape index (κ2) is 24.8. The second-order valence-electron chi connectivity index (χ2n) is 25.4. The number of para-hydroxylation sites is 1. The first-order chi connectivity index (χ1) is 61.6. The summed E-state index contributed by atoms with van der Waals surface area (Å²) in [5.41, 5.74) is -6.03. The van der Waals surface area contributed by atoms with Gasteiger partial charge in [0.05, 0.1) is 69.1 Å². The van der Waals surface area contributed by atoms with E-state index in [0.29, 0.717) is 21.8 Å². The van der Waals surface area contributed by atoms with Crippen LogP contribution in [0.2, 0.25) is 0 Å². The van der Waals surface area contributed by atoms with Crippen molar-refractivity contribution in [3.8, 4) is 107 Å². The molecule has 17 aromatic rings. The number of hydrogen-bond donors (Lipinski definition) is 0. The van der Waals surface area contributed by atoms with Crippen molar-refractivity contribution in [2.75, 3.05) is 0 Å². The molecule has 0 spiro atoms. The van der Waals surface area contributed by atoms with E-state index in [1.165, 1.54) is 29.0 Å². The fourth-order valence-electron chi connectivity index (χ4n) is 14.0. The number of nitrogens with zero attached hydrogens (tertiary/aromatic N) is 4. The molecule has 3 aromatic heterocycles. The maximum Gasteiger partial charge on any atom is 0.269 e. The van der Waals surface area contributed by atoms with E-state index >= 15 is 0 Å². The highest BCUT2D eigenvalue weighted by Crippen LogP contribution is 2.48. The summed E-state index contributed by atoms with van der Waals surface area (Å²) in [4.78, 5) is 4.93. The van der Waals surface area contributed by atoms with Crippen LogP contribution in [-0.4, -0.2) is 22.2 Å². The zero-order valence-electron chi connectivity index (χ0n) is 83.2. The Hall–Kier alpha value is -12.5. The lowest BCUT2D eigenvalue weighted by Gasteiger charge is -2.34. The fourth-order valence-corrected chi connectivity index (χ4v) is 18.8. The summed E-state index contributed by atoms with van der Waals surface area (Å²) in [5.74, 6) is 0.420. The van der Waals surface area contributed by atoms with Crippen LogP contribution in [-0.2, 0) is 5.41 Å². The highest BCUT2D eigenvalue weighted by Gasteiger charge is 2.42. The molecular formula is C95H70N4OSi. The second-order valence-corrected chi connectivity index (χ2v) is 29.2. The van der Waals surface area contributed by atoms with Crippen LogP contribution in [0.15, 0.2) is 351 Å². The number of hydrogen-bond acceptors (Lipinski definition) is 2. The average Bonchev–Trinajstić information content (AvgIpc) is 1.06. The zero-order chi connectivity index (χ0) is 92.9. The van der Waals surface area contributed by atoms with E-state index in [4.69, 9.17) is 28.9 Å². The molecule has 0 bridgehead atoms. The van der Waals surface area contributed by atoms with E-state index in [9.17, 15) is 20.6 Å². The Bertz CT molecular complexity index is 7530. The first-order valence-electron chi connectivity index (χ1n) is 46.9. The van der Waals surface area contributed by atoms with Gasteiger partial charge in [0.1, 0.15) is 17.3 Å². The maximum absolute atomic E-state index is 10.7. The number of fused-ring (bicyclic) bond motifs is 10. The quantitative estimate of drug-likeness (QED) is 0.0529. The minimum Gasteiger partial charge on any atom is -0.458 e. The molecule has 0 unspecified atom stereocenters. The lowest BCUT2D eigenvalue weighted by molar-refractivity contribution is -0.570. The summed E-state index contributed by atoms with van der Waals surface area (Å²) in [7, 11) is -3.28. The monoisotopic (exact) mass is 1340 g/mol. The predicted octanol–water partition coefficient (Wildman–Crippen LogP) is 21.0. The third-order valence-corrected chi connectivity index (χ3v) is 23.3.